The first-order valence-electron chi connectivity index (χ1n) is 7.83. The van der Waals surface area contributed by atoms with Gasteiger partial charge in [0, 0.05) is 38.0 Å². The van der Waals surface area contributed by atoms with Crippen molar-refractivity contribution in [2.24, 2.45) is 0 Å². The highest BCUT2D eigenvalue weighted by Crippen LogP contribution is 2.36. The van der Waals surface area contributed by atoms with Crippen LogP contribution in [0.3, 0.4) is 0 Å². The number of ether oxygens (including phenoxy) is 3. The molecule has 1 saturated heterocycles. The molecule has 1 aromatic carbocycles. The van der Waals surface area contributed by atoms with E-state index in [9.17, 15) is 9.59 Å². The van der Waals surface area contributed by atoms with E-state index in [1.54, 1.807) is 24.1 Å². The van der Waals surface area contributed by atoms with Crippen LogP contribution in [-0.4, -0.2) is 63.0 Å². The maximum atomic E-state index is 12.5. The minimum atomic E-state index is -0.194. The van der Waals surface area contributed by atoms with Crippen LogP contribution >= 0.6 is 0 Å². The van der Waals surface area contributed by atoms with Crippen LogP contribution < -0.4 is 19.7 Å². The molecule has 1 fully saturated rings. The smallest absolute Gasteiger partial charge is 0.325 e. The number of benzene rings is 1. The van der Waals surface area contributed by atoms with Crippen molar-refractivity contribution in [3.05, 3.63) is 18.2 Å². The molecule has 24 heavy (non-hydrogen) atoms. The first-order chi connectivity index (χ1) is 11.6. The zero-order valence-corrected chi connectivity index (χ0v) is 13.8. The van der Waals surface area contributed by atoms with E-state index in [0.29, 0.717) is 31.2 Å². The topological polar surface area (TPSA) is 80.3 Å². The van der Waals surface area contributed by atoms with Crippen molar-refractivity contribution in [2.75, 3.05) is 45.0 Å². The SMILES string of the molecule is COCC(C)NC(=O)CN1CCN(c2ccc3c(c2)OCO3)C1=O. The number of hydrogen-bond acceptors (Lipinski definition) is 5. The number of rotatable bonds is 6. The highest BCUT2D eigenvalue weighted by molar-refractivity contribution is 5.96. The second kappa shape index (κ2) is 6.96. The third-order valence-corrected chi connectivity index (χ3v) is 3.92. The van der Waals surface area contributed by atoms with Crippen LogP contribution in [0.5, 0.6) is 11.5 Å². The van der Waals surface area contributed by atoms with E-state index in [4.69, 9.17) is 14.2 Å². The van der Waals surface area contributed by atoms with E-state index in [-0.39, 0.29) is 31.3 Å². The van der Waals surface area contributed by atoms with Gasteiger partial charge in [0.05, 0.1) is 6.61 Å². The van der Waals surface area contributed by atoms with E-state index in [1.807, 2.05) is 13.0 Å². The summed E-state index contributed by atoms with van der Waals surface area (Å²) in [5.41, 5.74) is 0.736. The summed E-state index contributed by atoms with van der Waals surface area (Å²) >= 11 is 0. The molecule has 0 aliphatic carbocycles. The Morgan fingerprint density at radius 3 is 2.92 bits per heavy atom. The fraction of sp³-hybridized carbons (Fsp3) is 0.500. The Kier molecular flexibility index (Phi) is 4.75. The van der Waals surface area contributed by atoms with Crippen molar-refractivity contribution < 1.29 is 23.8 Å². The van der Waals surface area contributed by atoms with Crippen LogP contribution in [0.15, 0.2) is 18.2 Å². The lowest BCUT2D eigenvalue weighted by atomic mass is 10.2. The first-order valence-corrected chi connectivity index (χ1v) is 7.83. The molecule has 1 unspecified atom stereocenters. The maximum Gasteiger partial charge on any atom is 0.325 e. The number of methoxy groups -OCH3 is 1. The lowest BCUT2D eigenvalue weighted by Crippen LogP contribution is -2.44. The van der Waals surface area contributed by atoms with Gasteiger partial charge in [0.25, 0.3) is 0 Å². The van der Waals surface area contributed by atoms with Crippen molar-refractivity contribution in [1.29, 1.82) is 0 Å². The molecule has 3 rings (SSSR count). The minimum Gasteiger partial charge on any atom is -0.454 e. The fourth-order valence-electron chi connectivity index (χ4n) is 2.81. The van der Waals surface area contributed by atoms with Gasteiger partial charge in [-0.25, -0.2) is 4.79 Å². The van der Waals surface area contributed by atoms with Crippen molar-refractivity contribution in [1.82, 2.24) is 10.2 Å². The summed E-state index contributed by atoms with van der Waals surface area (Å²) in [6, 6.07) is 5.10. The molecule has 2 heterocycles. The van der Waals surface area contributed by atoms with Gasteiger partial charge in [-0.05, 0) is 19.1 Å². The van der Waals surface area contributed by atoms with E-state index in [1.165, 1.54) is 4.90 Å². The van der Waals surface area contributed by atoms with E-state index < -0.39 is 0 Å². The summed E-state index contributed by atoms with van der Waals surface area (Å²) in [5, 5.41) is 2.80. The number of nitrogens with one attached hydrogen (secondary N) is 1. The largest absolute Gasteiger partial charge is 0.454 e. The predicted molar refractivity (Wildman–Crippen MR) is 86.4 cm³/mol. The van der Waals surface area contributed by atoms with Gasteiger partial charge in [-0.2, -0.15) is 0 Å². The standard InChI is InChI=1S/C16H21N3O5/c1-11(9-22-2)17-15(20)8-18-5-6-19(16(18)21)12-3-4-13-14(7-12)24-10-23-13/h3-4,7,11H,5-6,8-10H2,1-2H3,(H,17,20). The number of fused-ring (bicyclic) bond motifs is 1. The molecule has 0 bridgehead atoms. The van der Waals surface area contributed by atoms with Gasteiger partial charge in [-0.3, -0.25) is 9.69 Å². The van der Waals surface area contributed by atoms with Crippen molar-refractivity contribution in [3.8, 4) is 11.5 Å². The molecule has 2 aliphatic rings. The average molecular weight is 335 g/mol. The van der Waals surface area contributed by atoms with Crippen LogP contribution in [-0.2, 0) is 9.53 Å². The monoisotopic (exact) mass is 335 g/mol. The second-order valence-electron chi connectivity index (χ2n) is 5.82. The summed E-state index contributed by atoms with van der Waals surface area (Å²) in [6.07, 6.45) is 0. The van der Waals surface area contributed by atoms with E-state index in [2.05, 4.69) is 5.32 Å². The Balaban J connectivity index is 1.60. The number of carbonyl (C=O) groups excluding carboxylic acids is 2. The summed E-state index contributed by atoms with van der Waals surface area (Å²) in [6.45, 7) is 3.54. The van der Waals surface area contributed by atoms with E-state index in [0.717, 1.165) is 5.69 Å². The molecule has 0 radical (unpaired) electrons. The summed E-state index contributed by atoms with van der Waals surface area (Å²) in [5.74, 6) is 1.11. The van der Waals surface area contributed by atoms with Crippen LogP contribution in [0, 0.1) is 0 Å². The number of urea groups is 1. The van der Waals surface area contributed by atoms with Crippen LogP contribution in [0.1, 0.15) is 6.92 Å². The minimum absolute atomic E-state index is 0.0357. The third-order valence-electron chi connectivity index (χ3n) is 3.92. The highest BCUT2D eigenvalue weighted by atomic mass is 16.7. The Morgan fingerprint density at radius 1 is 1.33 bits per heavy atom. The number of amides is 3. The highest BCUT2D eigenvalue weighted by Gasteiger charge is 2.31. The van der Waals surface area contributed by atoms with Crippen molar-refractivity contribution in [2.45, 2.75) is 13.0 Å². The predicted octanol–water partition coefficient (Wildman–Crippen LogP) is 0.808. The summed E-state index contributed by atoms with van der Waals surface area (Å²) in [7, 11) is 1.58. The Bertz CT molecular complexity index is 636. The molecule has 8 nitrogen and oxygen atoms in total. The molecular formula is C16H21N3O5. The summed E-state index contributed by atoms with van der Waals surface area (Å²) < 4.78 is 15.6. The molecule has 3 amide bonds. The molecule has 1 aromatic rings. The van der Waals surface area contributed by atoms with Crippen molar-refractivity contribution >= 4 is 17.6 Å². The Morgan fingerprint density at radius 2 is 2.12 bits per heavy atom. The maximum absolute atomic E-state index is 12.5. The number of carbonyl (C=O) groups is 2. The average Bonchev–Trinajstić information content (AvgIpc) is 3.14. The van der Waals surface area contributed by atoms with Gasteiger partial charge in [0.2, 0.25) is 12.7 Å². The fourth-order valence-corrected chi connectivity index (χ4v) is 2.81. The van der Waals surface area contributed by atoms with Crippen LogP contribution in [0.4, 0.5) is 10.5 Å². The molecule has 0 aromatic heterocycles. The molecule has 1 atom stereocenters. The summed E-state index contributed by atoms with van der Waals surface area (Å²) in [4.78, 5) is 27.7. The van der Waals surface area contributed by atoms with Gasteiger partial charge >= 0.3 is 6.03 Å². The molecule has 1 N–H and O–H groups in total. The normalized spacial score (nSPS) is 17.3. The van der Waals surface area contributed by atoms with Crippen molar-refractivity contribution in [3.63, 3.8) is 0 Å². The second-order valence-corrected chi connectivity index (χ2v) is 5.82. The molecule has 8 heteroatoms. The molecule has 2 aliphatic heterocycles. The lowest BCUT2D eigenvalue weighted by Gasteiger charge is -2.20. The molecule has 0 saturated carbocycles. The zero-order chi connectivity index (χ0) is 17.1. The van der Waals surface area contributed by atoms with Gasteiger partial charge in [0.15, 0.2) is 11.5 Å². The van der Waals surface area contributed by atoms with E-state index >= 15 is 0 Å². The van der Waals surface area contributed by atoms with Crippen LogP contribution in [0.2, 0.25) is 0 Å². The zero-order valence-electron chi connectivity index (χ0n) is 13.8. The molecule has 130 valence electrons. The van der Waals surface area contributed by atoms with Gasteiger partial charge in [-0.15, -0.1) is 0 Å². The number of anilines is 1. The Labute approximate surface area is 140 Å². The molecule has 0 spiro atoms. The lowest BCUT2D eigenvalue weighted by molar-refractivity contribution is -0.122. The Hall–Kier alpha value is -2.48. The molecular weight excluding hydrogens is 314 g/mol. The van der Waals surface area contributed by atoms with Crippen LogP contribution in [0.25, 0.3) is 0 Å². The first kappa shape index (κ1) is 16.4. The quantitative estimate of drug-likeness (QED) is 0.832. The number of hydrogen-bond donors (Lipinski definition) is 1. The third kappa shape index (κ3) is 3.38. The van der Waals surface area contributed by atoms with Gasteiger partial charge < -0.3 is 24.4 Å². The van der Waals surface area contributed by atoms with Gasteiger partial charge in [-0.1, -0.05) is 0 Å². The number of nitrogens with zero attached hydrogens (tertiary/aromatic N) is 2. The van der Waals surface area contributed by atoms with Gasteiger partial charge in [0.1, 0.15) is 6.54 Å².